The van der Waals surface area contributed by atoms with Crippen LogP contribution in [0.2, 0.25) is 0 Å². The number of aliphatic hydroxyl groups is 1. The molecule has 0 heterocycles. The predicted molar refractivity (Wildman–Crippen MR) is 107 cm³/mol. The van der Waals surface area contributed by atoms with Crippen LogP contribution in [0.5, 0.6) is 0 Å². The highest BCUT2D eigenvalue weighted by Crippen LogP contribution is 2.24. The van der Waals surface area contributed by atoms with Crippen molar-refractivity contribution in [3.05, 3.63) is 0 Å². The molecule has 0 saturated heterocycles. The van der Waals surface area contributed by atoms with E-state index in [9.17, 15) is 9.59 Å². The van der Waals surface area contributed by atoms with E-state index in [1.54, 1.807) is 0 Å². The topological polar surface area (TPSA) is 122 Å². The van der Waals surface area contributed by atoms with Gasteiger partial charge in [-0.2, -0.15) is 0 Å². The van der Waals surface area contributed by atoms with Gasteiger partial charge in [-0.1, -0.05) is 0 Å². The Labute approximate surface area is 168 Å². The molecule has 0 aromatic rings. The van der Waals surface area contributed by atoms with Gasteiger partial charge < -0.3 is 26.0 Å². The average molecular weight is 409 g/mol. The summed E-state index contributed by atoms with van der Waals surface area (Å²) in [5.74, 6) is -0.447. The van der Waals surface area contributed by atoms with Crippen molar-refractivity contribution in [3.63, 3.8) is 0 Å². The first-order valence-electron chi connectivity index (χ1n) is 9.69. The third kappa shape index (κ3) is 11.4. The number of carboxylic acids is 1. The lowest BCUT2D eigenvalue weighted by molar-refractivity contribution is -0.142. The average Bonchev–Trinajstić information content (AvgIpc) is 2.55. The van der Waals surface area contributed by atoms with Gasteiger partial charge in [0.05, 0.1) is 5.92 Å². The highest BCUT2D eigenvalue weighted by molar-refractivity contribution is 5.85. The molecule has 2 rings (SSSR count). The van der Waals surface area contributed by atoms with Gasteiger partial charge in [0.2, 0.25) is 0 Å². The van der Waals surface area contributed by atoms with Crippen LogP contribution in [0.4, 0.5) is 4.79 Å². The Kier molecular flexibility index (Phi) is 11.9. The van der Waals surface area contributed by atoms with Gasteiger partial charge in [-0.3, -0.25) is 4.79 Å². The van der Waals surface area contributed by atoms with E-state index >= 15 is 0 Å². The number of hydrogen-bond donors (Lipinski definition) is 4. The first kappa shape index (κ1) is 26.0. The van der Waals surface area contributed by atoms with E-state index in [0.717, 1.165) is 25.7 Å². The molecule has 0 spiro atoms. The van der Waals surface area contributed by atoms with Crippen LogP contribution >= 0.6 is 12.4 Å². The van der Waals surface area contributed by atoms with E-state index in [4.69, 9.17) is 20.7 Å². The number of carboxylic acid groups (broad SMARTS) is 1. The molecule has 0 radical (unpaired) electrons. The van der Waals surface area contributed by atoms with Gasteiger partial charge in [-0.15, -0.1) is 12.4 Å². The molecule has 0 bridgehead atoms. The quantitative estimate of drug-likeness (QED) is 0.569. The lowest BCUT2D eigenvalue weighted by Gasteiger charge is -2.28. The van der Waals surface area contributed by atoms with Crippen LogP contribution in [0.25, 0.3) is 0 Å². The summed E-state index contributed by atoms with van der Waals surface area (Å²) >= 11 is 0. The first-order chi connectivity index (χ1) is 12.1. The highest BCUT2D eigenvalue weighted by atomic mass is 35.5. The zero-order chi connectivity index (χ0) is 19.7. The van der Waals surface area contributed by atoms with Crippen molar-refractivity contribution in [2.75, 3.05) is 6.61 Å². The molecule has 160 valence electrons. The fraction of sp³-hybridized carbons (Fsp3) is 0.895. The van der Waals surface area contributed by atoms with Crippen molar-refractivity contribution < 1.29 is 24.5 Å². The van der Waals surface area contributed by atoms with Crippen molar-refractivity contribution in [3.8, 4) is 0 Å². The molecule has 5 N–H and O–H groups in total. The summed E-state index contributed by atoms with van der Waals surface area (Å²) in [6.45, 7) is 5.79. The van der Waals surface area contributed by atoms with Crippen LogP contribution < -0.4 is 11.1 Å². The van der Waals surface area contributed by atoms with Crippen LogP contribution in [-0.2, 0) is 9.53 Å². The Balaban J connectivity index is 0.000000572. The van der Waals surface area contributed by atoms with E-state index < -0.39 is 17.7 Å². The van der Waals surface area contributed by atoms with Crippen LogP contribution in [0.1, 0.15) is 72.1 Å². The number of rotatable bonds is 3. The van der Waals surface area contributed by atoms with Crippen LogP contribution in [0.3, 0.4) is 0 Å². The molecular formula is C19H37ClN2O5. The number of nitrogens with one attached hydrogen (secondary N) is 1. The van der Waals surface area contributed by atoms with Crippen LogP contribution in [0, 0.1) is 11.8 Å². The fourth-order valence-corrected chi connectivity index (χ4v) is 3.33. The molecule has 0 aliphatic heterocycles. The predicted octanol–water partition coefficient (Wildman–Crippen LogP) is 3.07. The van der Waals surface area contributed by atoms with E-state index in [1.807, 2.05) is 20.8 Å². The van der Waals surface area contributed by atoms with Crippen LogP contribution in [0.15, 0.2) is 0 Å². The van der Waals surface area contributed by atoms with Crippen molar-refractivity contribution >= 4 is 24.5 Å². The van der Waals surface area contributed by atoms with Crippen molar-refractivity contribution in [2.45, 2.75) is 89.8 Å². The molecule has 8 heteroatoms. The maximum atomic E-state index is 11.5. The van der Waals surface area contributed by atoms with Gasteiger partial charge in [0, 0.05) is 18.7 Å². The third-order valence-corrected chi connectivity index (χ3v) is 4.95. The monoisotopic (exact) mass is 408 g/mol. The highest BCUT2D eigenvalue weighted by Gasteiger charge is 2.27. The Hall–Kier alpha value is -1.05. The molecule has 2 fully saturated rings. The number of aliphatic carboxylic acids is 1. The van der Waals surface area contributed by atoms with E-state index in [1.165, 1.54) is 0 Å². The number of nitrogens with two attached hydrogens (primary N) is 1. The summed E-state index contributed by atoms with van der Waals surface area (Å²) in [6.07, 6.45) is 6.68. The minimum absolute atomic E-state index is 0. The molecule has 0 aromatic carbocycles. The number of hydrogen-bond acceptors (Lipinski definition) is 5. The third-order valence-electron chi connectivity index (χ3n) is 4.95. The minimum Gasteiger partial charge on any atom is -0.481 e. The number of aliphatic hydroxyl groups excluding tert-OH is 1. The number of amides is 1. The summed E-state index contributed by atoms with van der Waals surface area (Å²) in [5, 5.41) is 20.4. The Morgan fingerprint density at radius 1 is 1.04 bits per heavy atom. The fourth-order valence-electron chi connectivity index (χ4n) is 3.33. The van der Waals surface area contributed by atoms with Gasteiger partial charge >= 0.3 is 12.1 Å². The Bertz CT molecular complexity index is 440. The van der Waals surface area contributed by atoms with Crippen molar-refractivity contribution in [2.24, 2.45) is 17.6 Å². The number of carbonyl (C=O) groups is 2. The maximum absolute atomic E-state index is 11.5. The van der Waals surface area contributed by atoms with Crippen LogP contribution in [-0.4, -0.2) is 46.6 Å². The van der Waals surface area contributed by atoms with Gasteiger partial charge in [0.25, 0.3) is 0 Å². The molecule has 2 aliphatic carbocycles. The minimum atomic E-state index is -0.735. The standard InChI is InChI=1S/C12H21NO4.C7H15NO.ClH/c1-12(2,3)17-11(16)13-9-6-4-8(5-7-9)10(14)15;8-7-3-1-6(5-9)2-4-7;/h8-9H,4-7H2,1-3H3,(H,13,16)(H,14,15);6-7,9H,1-5,8H2;1H/t8-,9-;;. The zero-order valence-electron chi connectivity index (χ0n) is 16.8. The lowest BCUT2D eigenvalue weighted by atomic mass is 9.86. The number of alkyl carbamates (subject to hydrolysis) is 1. The largest absolute Gasteiger partial charge is 0.481 e. The molecule has 27 heavy (non-hydrogen) atoms. The molecule has 2 saturated carbocycles. The number of ether oxygens (including phenoxy) is 1. The van der Waals surface area contributed by atoms with E-state index in [-0.39, 0.29) is 24.4 Å². The molecule has 0 atom stereocenters. The Morgan fingerprint density at radius 2 is 1.56 bits per heavy atom. The lowest BCUT2D eigenvalue weighted by Crippen LogP contribution is -2.41. The molecule has 0 aromatic heterocycles. The van der Waals surface area contributed by atoms with E-state index in [2.05, 4.69) is 5.32 Å². The summed E-state index contributed by atoms with van der Waals surface area (Å²) in [4.78, 5) is 22.3. The summed E-state index contributed by atoms with van der Waals surface area (Å²) in [6, 6.07) is 0.452. The normalized spacial score (nSPS) is 28.0. The second-order valence-corrected chi connectivity index (χ2v) is 8.50. The smallest absolute Gasteiger partial charge is 0.407 e. The number of halogens is 1. The zero-order valence-corrected chi connectivity index (χ0v) is 17.6. The first-order valence-corrected chi connectivity index (χ1v) is 9.69. The second kappa shape index (κ2) is 12.4. The summed E-state index contributed by atoms with van der Waals surface area (Å²) < 4.78 is 5.15. The SMILES string of the molecule is CC(C)(C)OC(=O)N[C@H]1CC[C@H](C(=O)O)CC1.Cl.NC1CCC(CO)CC1. The maximum Gasteiger partial charge on any atom is 0.407 e. The Morgan fingerprint density at radius 3 is 1.96 bits per heavy atom. The molecule has 2 aliphatic rings. The van der Waals surface area contributed by atoms with E-state index in [0.29, 0.717) is 44.2 Å². The molecule has 7 nitrogen and oxygen atoms in total. The molecule has 0 unspecified atom stereocenters. The van der Waals surface area contributed by atoms with Gasteiger partial charge in [-0.25, -0.2) is 4.79 Å². The van der Waals surface area contributed by atoms with Gasteiger partial charge in [-0.05, 0) is 78.1 Å². The molecular weight excluding hydrogens is 372 g/mol. The van der Waals surface area contributed by atoms with Crippen molar-refractivity contribution in [1.29, 1.82) is 0 Å². The van der Waals surface area contributed by atoms with Gasteiger partial charge in [0.1, 0.15) is 5.60 Å². The summed E-state index contributed by atoms with van der Waals surface area (Å²) in [5.41, 5.74) is 5.17. The summed E-state index contributed by atoms with van der Waals surface area (Å²) in [7, 11) is 0. The van der Waals surface area contributed by atoms with Crippen molar-refractivity contribution in [1.82, 2.24) is 5.32 Å². The second-order valence-electron chi connectivity index (χ2n) is 8.50. The van der Waals surface area contributed by atoms with Gasteiger partial charge in [0.15, 0.2) is 0 Å². The number of carbonyl (C=O) groups excluding carboxylic acids is 1. The molecule has 1 amide bonds.